The van der Waals surface area contributed by atoms with Gasteiger partial charge in [-0.2, -0.15) is 4.89 Å². The van der Waals surface area contributed by atoms with Crippen LogP contribution < -0.4 is 15.1 Å². The minimum atomic E-state index is -0.303. The molecule has 0 saturated heterocycles. The molecule has 132 valence electrons. The Morgan fingerprint density at radius 3 is 3.00 bits per heavy atom. The van der Waals surface area contributed by atoms with E-state index in [2.05, 4.69) is 10.3 Å². The third-order valence-corrected chi connectivity index (χ3v) is 4.83. The normalized spacial score (nSPS) is 18.7. The first-order valence-electron chi connectivity index (χ1n) is 8.51. The van der Waals surface area contributed by atoms with E-state index < -0.39 is 0 Å². The van der Waals surface area contributed by atoms with Crippen molar-refractivity contribution < 1.29 is 19.0 Å². The Kier molecular flexibility index (Phi) is 3.20. The molecular formula is C19H17N3O4. The summed E-state index contributed by atoms with van der Waals surface area (Å²) in [5.41, 5.74) is 5.18. The van der Waals surface area contributed by atoms with Crippen molar-refractivity contribution in [2.75, 3.05) is 4.90 Å². The Balaban J connectivity index is 1.69. The van der Waals surface area contributed by atoms with E-state index in [0.717, 1.165) is 27.9 Å². The molecule has 3 heterocycles. The highest BCUT2D eigenvalue weighted by atomic mass is 17.2. The first-order chi connectivity index (χ1) is 12.6. The summed E-state index contributed by atoms with van der Waals surface area (Å²) in [6.45, 7) is 4.36. The van der Waals surface area contributed by atoms with Crippen molar-refractivity contribution in [2.45, 2.75) is 32.5 Å². The fourth-order valence-corrected chi connectivity index (χ4v) is 3.62. The van der Waals surface area contributed by atoms with Crippen LogP contribution in [0.4, 0.5) is 10.5 Å². The van der Waals surface area contributed by atoms with Gasteiger partial charge in [-0.1, -0.05) is 6.07 Å². The minimum Gasteiger partial charge on any atom is -0.443 e. The fraction of sp³-hybridized carbons (Fsp3) is 0.263. The number of anilines is 1. The van der Waals surface area contributed by atoms with Crippen LogP contribution in [0.15, 0.2) is 41.1 Å². The summed E-state index contributed by atoms with van der Waals surface area (Å²) in [5, 5.41) is 3.10. The number of nitrogens with zero attached hydrogens (tertiary/aromatic N) is 2. The Hall–Kier alpha value is -3.06. The molecule has 7 heteroatoms. The van der Waals surface area contributed by atoms with Gasteiger partial charge < -0.3 is 14.6 Å². The van der Waals surface area contributed by atoms with Crippen LogP contribution >= 0.6 is 0 Å². The van der Waals surface area contributed by atoms with Crippen LogP contribution in [0.25, 0.3) is 11.1 Å². The van der Waals surface area contributed by atoms with Crippen molar-refractivity contribution >= 4 is 22.8 Å². The zero-order valence-corrected chi connectivity index (χ0v) is 14.4. The lowest BCUT2D eigenvalue weighted by atomic mass is 9.92. The van der Waals surface area contributed by atoms with E-state index in [-0.39, 0.29) is 18.1 Å². The Morgan fingerprint density at radius 2 is 2.15 bits per heavy atom. The quantitative estimate of drug-likeness (QED) is 0.713. The molecular weight excluding hydrogens is 334 g/mol. The number of rotatable bonds is 2. The standard InChI is InChI=1S/C19H17N3O4/c1-10(2)22-15-6-12-8-25-26-17(12)7-13(15)18(21-19(22)23)11-3-4-16-14(5-11)20-9-24-16/h3-7,9-10,18H,8H2,1-2H3,(H,21,23). The molecule has 1 N–H and O–H groups in total. The van der Waals surface area contributed by atoms with Gasteiger partial charge >= 0.3 is 6.03 Å². The highest BCUT2D eigenvalue weighted by Crippen LogP contribution is 2.42. The molecule has 1 aromatic heterocycles. The van der Waals surface area contributed by atoms with Crippen molar-refractivity contribution in [3.8, 4) is 5.75 Å². The summed E-state index contributed by atoms with van der Waals surface area (Å²) in [6, 6.07) is 9.27. The molecule has 0 saturated carbocycles. The maximum absolute atomic E-state index is 12.8. The monoisotopic (exact) mass is 351 g/mol. The third kappa shape index (κ3) is 2.17. The van der Waals surface area contributed by atoms with Crippen LogP contribution in [-0.2, 0) is 11.5 Å². The number of nitrogens with one attached hydrogen (secondary N) is 1. The van der Waals surface area contributed by atoms with Gasteiger partial charge in [-0.05, 0) is 43.7 Å². The van der Waals surface area contributed by atoms with Crippen LogP contribution in [0, 0.1) is 0 Å². The molecule has 1 atom stereocenters. The number of carbonyl (C=O) groups is 1. The Bertz CT molecular complexity index is 1030. The van der Waals surface area contributed by atoms with Crippen LogP contribution in [-0.4, -0.2) is 17.1 Å². The van der Waals surface area contributed by atoms with E-state index in [1.807, 2.05) is 44.2 Å². The van der Waals surface area contributed by atoms with E-state index >= 15 is 0 Å². The van der Waals surface area contributed by atoms with Gasteiger partial charge in [-0.3, -0.25) is 4.90 Å². The summed E-state index contributed by atoms with van der Waals surface area (Å²) in [5.74, 6) is 0.691. The number of urea groups is 1. The van der Waals surface area contributed by atoms with Gasteiger partial charge in [0.2, 0.25) is 0 Å². The van der Waals surface area contributed by atoms with Gasteiger partial charge in [0.1, 0.15) is 12.1 Å². The number of oxazole rings is 1. The number of amides is 2. The molecule has 1 unspecified atom stereocenters. The summed E-state index contributed by atoms with van der Waals surface area (Å²) < 4.78 is 5.32. The highest BCUT2D eigenvalue weighted by Gasteiger charge is 2.35. The van der Waals surface area contributed by atoms with E-state index in [1.54, 1.807) is 4.90 Å². The first kappa shape index (κ1) is 15.2. The molecule has 0 radical (unpaired) electrons. The van der Waals surface area contributed by atoms with Gasteiger partial charge in [0, 0.05) is 17.2 Å². The maximum atomic E-state index is 12.8. The van der Waals surface area contributed by atoms with E-state index in [0.29, 0.717) is 17.9 Å². The number of benzene rings is 2. The second kappa shape index (κ2) is 5.47. The lowest BCUT2D eigenvalue weighted by Gasteiger charge is -2.37. The van der Waals surface area contributed by atoms with Crippen molar-refractivity contribution in [3.63, 3.8) is 0 Å². The first-order valence-corrected chi connectivity index (χ1v) is 8.51. The molecule has 0 fully saturated rings. The van der Waals surface area contributed by atoms with Crippen molar-refractivity contribution in [1.82, 2.24) is 10.3 Å². The Morgan fingerprint density at radius 1 is 1.27 bits per heavy atom. The molecule has 2 aliphatic heterocycles. The van der Waals surface area contributed by atoms with Gasteiger partial charge in [0.25, 0.3) is 0 Å². The summed E-state index contributed by atoms with van der Waals surface area (Å²) in [7, 11) is 0. The van der Waals surface area contributed by atoms with Crippen molar-refractivity contribution in [2.24, 2.45) is 0 Å². The number of carbonyl (C=O) groups excluding carboxylic acids is 1. The summed E-state index contributed by atoms with van der Waals surface area (Å²) >= 11 is 0. The zero-order valence-electron chi connectivity index (χ0n) is 14.4. The SMILES string of the molecule is CC(C)N1C(=O)NC(c2ccc3ocnc3c2)c2cc3c(cc21)COO3. The molecule has 26 heavy (non-hydrogen) atoms. The maximum Gasteiger partial charge on any atom is 0.322 e. The van der Waals surface area contributed by atoms with Crippen molar-refractivity contribution in [3.05, 3.63) is 53.4 Å². The highest BCUT2D eigenvalue weighted by molar-refractivity contribution is 5.97. The second-order valence-corrected chi connectivity index (χ2v) is 6.79. The van der Waals surface area contributed by atoms with Crippen molar-refractivity contribution in [1.29, 1.82) is 0 Å². The van der Waals surface area contributed by atoms with Gasteiger partial charge in [0.05, 0.1) is 11.7 Å². The van der Waals surface area contributed by atoms with Gasteiger partial charge in [0.15, 0.2) is 17.7 Å². The Labute approximate surface area is 149 Å². The molecule has 3 aromatic rings. The van der Waals surface area contributed by atoms with E-state index in [4.69, 9.17) is 14.2 Å². The molecule has 7 nitrogen and oxygen atoms in total. The summed E-state index contributed by atoms with van der Waals surface area (Å²) in [4.78, 5) is 29.2. The number of hydrogen-bond acceptors (Lipinski definition) is 5. The van der Waals surface area contributed by atoms with Crippen LogP contribution in [0.1, 0.15) is 36.6 Å². The number of hydrogen-bond donors (Lipinski definition) is 1. The van der Waals surface area contributed by atoms with E-state index in [1.165, 1.54) is 6.39 Å². The largest absolute Gasteiger partial charge is 0.443 e. The molecule has 0 bridgehead atoms. The van der Waals surface area contributed by atoms with Crippen LogP contribution in [0.3, 0.4) is 0 Å². The van der Waals surface area contributed by atoms with Gasteiger partial charge in [-0.25, -0.2) is 9.78 Å². The van der Waals surface area contributed by atoms with E-state index in [9.17, 15) is 4.79 Å². The van der Waals surface area contributed by atoms with Crippen LogP contribution in [0.2, 0.25) is 0 Å². The average Bonchev–Trinajstić information content (AvgIpc) is 3.26. The predicted octanol–water partition coefficient (Wildman–Crippen LogP) is 3.68. The molecule has 2 amide bonds. The smallest absolute Gasteiger partial charge is 0.322 e. The lowest BCUT2D eigenvalue weighted by Crippen LogP contribution is -2.50. The average molecular weight is 351 g/mol. The molecule has 0 spiro atoms. The minimum absolute atomic E-state index is 0.0222. The zero-order chi connectivity index (χ0) is 17.8. The molecule has 0 aliphatic carbocycles. The van der Waals surface area contributed by atoms with Crippen LogP contribution in [0.5, 0.6) is 5.75 Å². The van der Waals surface area contributed by atoms with Gasteiger partial charge in [-0.15, -0.1) is 0 Å². The molecule has 5 rings (SSSR count). The predicted molar refractivity (Wildman–Crippen MR) is 93.9 cm³/mol. The topological polar surface area (TPSA) is 76.8 Å². The number of fused-ring (bicyclic) bond motifs is 3. The molecule has 2 aliphatic rings. The number of aromatic nitrogens is 1. The lowest BCUT2D eigenvalue weighted by molar-refractivity contribution is -0.194. The summed E-state index contributed by atoms with van der Waals surface area (Å²) in [6.07, 6.45) is 1.42. The molecule has 2 aromatic carbocycles. The second-order valence-electron chi connectivity index (χ2n) is 6.79. The third-order valence-electron chi connectivity index (χ3n) is 4.83. The fourth-order valence-electron chi connectivity index (χ4n) is 3.62.